The van der Waals surface area contributed by atoms with Gasteiger partial charge in [-0.25, -0.2) is 8.42 Å². The molecule has 0 bridgehead atoms. The molecule has 37 heavy (non-hydrogen) atoms. The summed E-state index contributed by atoms with van der Waals surface area (Å²) >= 11 is 0. The Morgan fingerprint density at radius 1 is 0.676 bits per heavy atom. The van der Waals surface area contributed by atoms with Crippen LogP contribution >= 0.6 is 7.92 Å². The highest BCUT2D eigenvalue weighted by Crippen LogP contribution is 2.38. The van der Waals surface area contributed by atoms with Crippen molar-refractivity contribution in [3.8, 4) is 0 Å². The lowest BCUT2D eigenvalue weighted by Gasteiger charge is -2.30. The third-order valence-electron chi connectivity index (χ3n) is 6.74. The first kappa shape index (κ1) is 25.4. The maximum Gasteiger partial charge on any atom is 0.244 e. The lowest BCUT2D eigenvalue weighted by molar-refractivity contribution is 0.359. The molecule has 0 aliphatic rings. The van der Waals surface area contributed by atoms with Crippen molar-refractivity contribution < 1.29 is 8.42 Å². The van der Waals surface area contributed by atoms with Gasteiger partial charge in [0.25, 0.3) is 0 Å². The van der Waals surface area contributed by atoms with Gasteiger partial charge < -0.3 is 0 Å². The van der Waals surface area contributed by atoms with Crippen LogP contribution in [-0.2, 0) is 10.0 Å². The van der Waals surface area contributed by atoms with E-state index in [-0.39, 0.29) is 6.04 Å². The van der Waals surface area contributed by atoms with Gasteiger partial charge in [0, 0.05) is 17.9 Å². The van der Waals surface area contributed by atoms with Crippen molar-refractivity contribution in [2.75, 3.05) is 6.54 Å². The second kappa shape index (κ2) is 11.0. The van der Waals surface area contributed by atoms with E-state index in [1.807, 2.05) is 92.7 Å². The average Bonchev–Trinajstić information content (AvgIpc) is 2.94. The van der Waals surface area contributed by atoms with Crippen molar-refractivity contribution >= 4 is 44.6 Å². The molecule has 0 saturated heterocycles. The summed E-state index contributed by atoms with van der Waals surface area (Å²) in [6.07, 6.45) is 0. The Balaban J connectivity index is 1.65. The largest absolute Gasteiger partial charge is 0.244 e. The van der Waals surface area contributed by atoms with Crippen LogP contribution < -0.4 is 15.9 Å². The molecular formula is C32H30NO2PS. The normalized spacial score (nSPS) is 12.8. The molecule has 0 aliphatic heterocycles. The Morgan fingerprint density at radius 3 is 1.86 bits per heavy atom. The number of rotatable bonds is 8. The summed E-state index contributed by atoms with van der Waals surface area (Å²) in [6.45, 7) is 4.28. The van der Waals surface area contributed by atoms with Crippen LogP contribution in [0.15, 0.2) is 132 Å². The van der Waals surface area contributed by atoms with E-state index in [1.165, 1.54) is 0 Å². The first-order valence-electron chi connectivity index (χ1n) is 12.5. The molecule has 0 aromatic heterocycles. The van der Waals surface area contributed by atoms with E-state index >= 15 is 0 Å². The van der Waals surface area contributed by atoms with Crippen LogP contribution in [0, 0.1) is 0 Å². The van der Waals surface area contributed by atoms with Crippen LogP contribution in [0.2, 0.25) is 0 Å². The summed E-state index contributed by atoms with van der Waals surface area (Å²) < 4.78 is 30.5. The predicted molar refractivity (Wildman–Crippen MR) is 157 cm³/mol. The molecule has 5 heteroatoms. The summed E-state index contributed by atoms with van der Waals surface area (Å²) in [6, 6.07) is 41.9. The second-order valence-electron chi connectivity index (χ2n) is 8.93. The minimum atomic E-state index is -3.81. The quantitative estimate of drug-likeness (QED) is 0.222. The summed E-state index contributed by atoms with van der Waals surface area (Å²) in [7, 11) is -4.88. The fourth-order valence-corrected chi connectivity index (χ4v) is 9.64. The van der Waals surface area contributed by atoms with Gasteiger partial charge in [-0.05, 0) is 47.9 Å². The zero-order chi connectivity index (χ0) is 25.8. The van der Waals surface area contributed by atoms with E-state index < -0.39 is 17.9 Å². The van der Waals surface area contributed by atoms with Crippen molar-refractivity contribution in [3.05, 3.63) is 133 Å². The van der Waals surface area contributed by atoms with E-state index in [2.05, 4.69) is 42.5 Å². The maximum atomic E-state index is 14.4. The fraction of sp³-hybridized carbons (Fsp3) is 0.125. The first-order valence-corrected chi connectivity index (χ1v) is 15.3. The van der Waals surface area contributed by atoms with Crippen molar-refractivity contribution in [2.45, 2.75) is 24.8 Å². The van der Waals surface area contributed by atoms with Crippen molar-refractivity contribution in [2.24, 2.45) is 0 Å². The molecule has 0 heterocycles. The molecule has 0 aliphatic carbocycles. The van der Waals surface area contributed by atoms with Gasteiger partial charge in [0.05, 0.1) is 4.90 Å². The summed E-state index contributed by atoms with van der Waals surface area (Å²) in [5.41, 5.74) is 1.01. The Kier molecular flexibility index (Phi) is 7.53. The van der Waals surface area contributed by atoms with Crippen molar-refractivity contribution in [3.63, 3.8) is 0 Å². The molecule has 5 rings (SSSR count). The molecule has 3 nitrogen and oxygen atoms in total. The Morgan fingerprint density at radius 2 is 1.22 bits per heavy atom. The van der Waals surface area contributed by atoms with Crippen LogP contribution in [0.1, 0.15) is 25.5 Å². The molecule has 0 radical (unpaired) electrons. The van der Waals surface area contributed by atoms with Crippen molar-refractivity contribution in [1.29, 1.82) is 0 Å². The molecule has 0 fully saturated rings. The van der Waals surface area contributed by atoms with Gasteiger partial charge in [-0.2, -0.15) is 4.31 Å². The van der Waals surface area contributed by atoms with E-state index in [0.29, 0.717) is 11.4 Å². The van der Waals surface area contributed by atoms with Gasteiger partial charge >= 0.3 is 0 Å². The fourth-order valence-electron chi connectivity index (χ4n) is 4.99. The van der Waals surface area contributed by atoms with E-state index in [1.54, 1.807) is 10.4 Å². The molecule has 1 atom stereocenters. The van der Waals surface area contributed by atoms with Crippen LogP contribution in [0.3, 0.4) is 0 Å². The molecule has 186 valence electrons. The molecular weight excluding hydrogens is 493 g/mol. The standard InChI is InChI=1S/C32H30NO2PS/c1-3-33(25(2)29-22-14-16-26-15-10-11-21-30(26)29)37(34,35)32-24-13-12-23-31(32)36(27-17-6-4-7-18-27)28-19-8-5-9-20-28/h4-25H,3H2,1-2H3/t25-/m0/s1. The Labute approximate surface area is 221 Å². The van der Waals surface area contributed by atoms with Gasteiger partial charge in [0.2, 0.25) is 10.0 Å². The highest BCUT2D eigenvalue weighted by atomic mass is 32.2. The molecule has 0 N–H and O–H groups in total. The first-order chi connectivity index (χ1) is 18.0. The minimum absolute atomic E-state index is 0.325. The second-order valence-corrected chi connectivity index (χ2v) is 13.0. The van der Waals surface area contributed by atoms with Crippen LogP contribution in [0.5, 0.6) is 0 Å². The summed E-state index contributed by atoms with van der Waals surface area (Å²) in [5.74, 6) is 0. The van der Waals surface area contributed by atoms with E-state index in [0.717, 1.165) is 32.2 Å². The highest BCUT2D eigenvalue weighted by Gasteiger charge is 2.33. The average molecular weight is 524 g/mol. The molecule has 0 unspecified atom stereocenters. The van der Waals surface area contributed by atoms with Gasteiger partial charge in [-0.1, -0.05) is 128 Å². The van der Waals surface area contributed by atoms with Gasteiger partial charge in [0.15, 0.2) is 0 Å². The smallest absolute Gasteiger partial charge is 0.207 e. The number of benzene rings is 5. The number of fused-ring (bicyclic) bond motifs is 1. The Hall–Kier alpha value is -3.30. The summed E-state index contributed by atoms with van der Waals surface area (Å²) in [4.78, 5) is 0.378. The number of hydrogen-bond acceptors (Lipinski definition) is 2. The third-order valence-corrected chi connectivity index (χ3v) is 11.5. The van der Waals surface area contributed by atoms with Crippen molar-refractivity contribution in [1.82, 2.24) is 4.31 Å². The third kappa shape index (κ3) is 4.98. The topological polar surface area (TPSA) is 37.4 Å². The van der Waals surface area contributed by atoms with Gasteiger partial charge in [-0.3, -0.25) is 0 Å². The lowest BCUT2D eigenvalue weighted by Crippen LogP contribution is -2.36. The zero-order valence-corrected chi connectivity index (χ0v) is 22.7. The van der Waals surface area contributed by atoms with Crippen LogP contribution in [0.25, 0.3) is 10.8 Å². The predicted octanol–water partition coefficient (Wildman–Crippen LogP) is 6.37. The van der Waals surface area contributed by atoms with E-state index in [4.69, 9.17) is 0 Å². The molecule has 0 saturated carbocycles. The number of sulfonamides is 1. The molecule has 5 aromatic carbocycles. The lowest BCUT2D eigenvalue weighted by atomic mass is 10.00. The van der Waals surface area contributed by atoms with Crippen LogP contribution in [0.4, 0.5) is 0 Å². The Bertz CT molecular complexity index is 1560. The van der Waals surface area contributed by atoms with E-state index in [9.17, 15) is 8.42 Å². The summed E-state index contributed by atoms with van der Waals surface area (Å²) in [5, 5.41) is 5.28. The SMILES string of the molecule is CCN([C@@H](C)c1cccc2ccccc12)S(=O)(=O)c1ccccc1P(c1ccccc1)c1ccccc1. The number of nitrogens with zero attached hydrogens (tertiary/aromatic N) is 1. The van der Waals surface area contributed by atoms with Gasteiger partial charge in [0.1, 0.15) is 0 Å². The monoisotopic (exact) mass is 523 g/mol. The minimum Gasteiger partial charge on any atom is -0.207 e. The maximum absolute atomic E-state index is 14.4. The highest BCUT2D eigenvalue weighted by molar-refractivity contribution is 7.90. The molecule has 5 aromatic rings. The molecule has 0 amide bonds. The molecule has 0 spiro atoms. The zero-order valence-electron chi connectivity index (χ0n) is 21.0. The number of hydrogen-bond donors (Lipinski definition) is 0. The van der Waals surface area contributed by atoms with Gasteiger partial charge in [-0.15, -0.1) is 0 Å². The van der Waals surface area contributed by atoms with Crippen LogP contribution in [-0.4, -0.2) is 19.3 Å².